The van der Waals surface area contributed by atoms with Gasteiger partial charge in [0, 0.05) is 62.5 Å². The van der Waals surface area contributed by atoms with Crippen molar-refractivity contribution in [2.45, 2.75) is 20.8 Å². The first-order chi connectivity index (χ1) is 15.2. The van der Waals surface area contributed by atoms with Crippen molar-refractivity contribution in [2.24, 2.45) is 21.9 Å². The van der Waals surface area contributed by atoms with Gasteiger partial charge in [-0.2, -0.15) is 0 Å². The zero-order valence-electron chi connectivity index (χ0n) is 19.8. The molecule has 0 unspecified atom stereocenters. The molecule has 4 rings (SSSR count). The lowest BCUT2D eigenvalue weighted by Gasteiger charge is -2.38. The molecule has 0 atom stereocenters. The molecule has 32 heavy (non-hydrogen) atoms. The topological polar surface area (TPSA) is 86.6 Å². The summed E-state index contributed by atoms with van der Waals surface area (Å²) < 4.78 is 5.82. The average molecular weight is 438 g/mol. The lowest BCUT2D eigenvalue weighted by Crippen LogP contribution is -2.45. The van der Waals surface area contributed by atoms with E-state index in [0.29, 0.717) is 11.8 Å². The van der Waals surface area contributed by atoms with Crippen LogP contribution in [-0.2, 0) is 0 Å². The maximum absolute atomic E-state index is 6.69. The molecule has 0 aromatic heterocycles. The van der Waals surface area contributed by atoms with Gasteiger partial charge in [-0.3, -0.25) is 4.90 Å². The van der Waals surface area contributed by atoms with E-state index in [1.54, 1.807) is 13.3 Å². The molecule has 0 aliphatic carbocycles. The van der Waals surface area contributed by atoms with E-state index >= 15 is 0 Å². The SMILES string of the molecule is COc1cc(N2CCN(C)CC2)ccc1N1C(N)=NC=C2C=CN(CC(C)(C)C)C(N)=C21. The van der Waals surface area contributed by atoms with Crippen LogP contribution in [0.25, 0.3) is 0 Å². The number of benzene rings is 1. The Kier molecular flexibility index (Phi) is 5.81. The molecule has 1 saturated heterocycles. The summed E-state index contributed by atoms with van der Waals surface area (Å²) in [5, 5.41) is 0. The highest BCUT2D eigenvalue weighted by Crippen LogP contribution is 2.39. The normalized spacial score (nSPS) is 19.7. The summed E-state index contributed by atoms with van der Waals surface area (Å²) in [4.78, 5) is 13.1. The van der Waals surface area contributed by atoms with Crippen LogP contribution >= 0.6 is 0 Å². The number of likely N-dealkylation sites (N-methyl/N-ethyl adjacent to an activating group) is 1. The summed E-state index contributed by atoms with van der Waals surface area (Å²) in [6.45, 7) is 11.4. The average Bonchev–Trinajstić information content (AvgIpc) is 2.75. The number of fused-ring (bicyclic) bond motifs is 1. The number of guanidine groups is 1. The van der Waals surface area contributed by atoms with E-state index < -0.39 is 0 Å². The van der Waals surface area contributed by atoms with Crippen molar-refractivity contribution in [3.05, 3.63) is 53.8 Å². The van der Waals surface area contributed by atoms with E-state index in [1.807, 2.05) is 23.2 Å². The molecule has 0 saturated carbocycles. The number of methoxy groups -OCH3 is 1. The lowest BCUT2D eigenvalue weighted by atomic mass is 9.95. The highest BCUT2D eigenvalue weighted by Gasteiger charge is 2.32. The van der Waals surface area contributed by atoms with Crippen LogP contribution in [-0.4, -0.2) is 62.6 Å². The number of nitrogens with zero attached hydrogens (tertiary/aromatic N) is 5. The van der Waals surface area contributed by atoms with Crippen LogP contribution in [0.5, 0.6) is 5.75 Å². The van der Waals surface area contributed by atoms with Crippen LogP contribution in [0.15, 0.2) is 58.8 Å². The van der Waals surface area contributed by atoms with Crippen LogP contribution in [0.1, 0.15) is 20.8 Å². The summed E-state index contributed by atoms with van der Waals surface area (Å²) in [5.41, 5.74) is 16.9. The number of rotatable bonds is 4. The molecule has 3 aliphatic rings. The minimum absolute atomic E-state index is 0.0811. The summed E-state index contributed by atoms with van der Waals surface area (Å²) in [6.07, 6.45) is 5.81. The Balaban J connectivity index is 1.72. The third-order valence-electron chi connectivity index (χ3n) is 5.97. The quantitative estimate of drug-likeness (QED) is 0.748. The van der Waals surface area contributed by atoms with E-state index in [1.165, 1.54) is 0 Å². The van der Waals surface area contributed by atoms with Gasteiger partial charge in [0.1, 0.15) is 11.6 Å². The molecular formula is C24H35N7O. The Labute approximate surface area is 191 Å². The van der Waals surface area contributed by atoms with Crippen molar-refractivity contribution in [1.29, 1.82) is 0 Å². The minimum atomic E-state index is 0.0811. The molecule has 0 amide bonds. The fourth-order valence-corrected chi connectivity index (χ4v) is 4.27. The van der Waals surface area contributed by atoms with Gasteiger partial charge in [0.2, 0.25) is 5.96 Å². The Morgan fingerprint density at radius 2 is 1.81 bits per heavy atom. The Morgan fingerprint density at radius 1 is 1.09 bits per heavy atom. The Hall–Kier alpha value is -3.13. The smallest absolute Gasteiger partial charge is 0.205 e. The third-order valence-corrected chi connectivity index (χ3v) is 5.97. The molecule has 0 bridgehead atoms. The van der Waals surface area contributed by atoms with Crippen molar-refractivity contribution in [3.8, 4) is 5.75 Å². The summed E-state index contributed by atoms with van der Waals surface area (Å²) in [7, 11) is 3.84. The highest BCUT2D eigenvalue weighted by atomic mass is 16.5. The maximum atomic E-state index is 6.69. The minimum Gasteiger partial charge on any atom is -0.494 e. The van der Waals surface area contributed by atoms with Crippen molar-refractivity contribution in [3.63, 3.8) is 0 Å². The van der Waals surface area contributed by atoms with E-state index in [2.05, 4.69) is 59.6 Å². The molecule has 1 aromatic rings. The van der Waals surface area contributed by atoms with Gasteiger partial charge in [-0.1, -0.05) is 20.8 Å². The van der Waals surface area contributed by atoms with Gasteiger partial charge in [-0.15, -0.1) is 0 Å². The fraction of sp³-hybridized carbons (Fsp3) is 0.458. The van der Waals surface area contributed by atoms with Gasteiger partial charge in [-0.05, 0) is 30.7 Å². The second kappa shape index (κ2) is 8.43. The van der Waals surface area contributed by atoms with E-state index in [9.17, 15) is 0 Å². The number of ether oxygens (including phenoxy) is 1. The van der Waals surface area contributed by atoms with Gasteiger partial charge in [0.15, 0.2) is 0 Å². The van der Waals surface area contributed by atoms with Gasteiger partial charge >= 0.3 is 0 Å². The van der Waals surface area contributed by atoms with Crippen LogP contribution in [0.2, 0.25) is 0 Å². The maximum Gasteiger partial charge on any atom is 0.205 e. The van der Waals surface area contributed by atoms with Gasteiger partial charge in [0.05, 0.1) is 18.5 Å². The van der Waals surface area contributed by atoms with Crippen LogP contribution in [0, 0.1) is 5.41 Å². The predicted octanol–water partition coefficient (Wildman–Crippen LogP) is 2.47. The number of anilines is 2. The van der Waals surface area contributed by atoms with Gasteiger partial charge in [-0.25, -0.2) is 4.99 Å². The summed E-state index contributed by atoms with van der Waals surface area (Å²) in [5.74, 6) is 1.75. The largest absolute Gasteiger partial charge is 0.494 e. The van der Waals surface area contributed by atoms with Crippen molar-refractivity contribution in [2.75, 3.05) is 56.7 Å². The number of nitrogens with two attached hydrogens (primary N) is 2. The second-order valence-corrected chi connectivity index (χ2v) is 9.79. The first-order valence-electron chi connectivity index (χ1n) is 11.1. The number of piperazine rings is 1. The predicted molar refractivity (Wildman–Crippen MR) is 131 cm³/mol. The molecule has 0 spiro atoms. The first kappa shape index (κ1) is 22.1. The monoisotopic (exact) mass is 437 g/mol. The first-order valence-corrected chi connectivity index (χ1v) is 11.1. The molecule has 3 heterocycles. The van der Waals surface area contributed by atoms with Crippen molar-refractivity contribution in [1.82, 2.24) is 9.80 Å². The summed E-state index contributed by atoms with van der Waals surface area (Å²) >= 11 is 0. The van der Waals surface area contributed by atoms with Crippen molar-refractivity contribution >= 4 is 17.3 Å². The summed E-state index contributed by atoms with van der Waals surface area (Å²) in [6, 6.07) is 6.25. The number of hydrogen-bond acceptors (Lipinski definition) is 8. The molecule has 4 N–H and O–H groups in total. The van der Waals surface area contributed by atoms with Crippen LogP contribution in [0.4, 0.5) is 11.4 Å². The molecule has 8 nitrogen and oxygen atoms in total. The zero-order valence-corrected chi connectivity index (χ0v) is 19.8. The molecule has 3 aliphatic heterocycles. The fourth-order valence-electron chi connectivity index (χ4n) is 4.27. The van der Waals surface area contributed by atoms with E-state index in [4.69, 9.17) is 16.2 Å². The molecule has 8 heteroatoms. The third kappa shape index (κ3) is 4.27. The molecule has 1 aromatic carbocycles. The van der Waals surface area contributed by atoms with E-state index in [0.717, 1.165) is 61.1 Å². The standard InChI is InChI=1S/C24H35N7O/c1-24(2,3)16-30-9-8-17-15-27-23(26)31(21(17)22(30)25)19-7-6-18(14-20(19)32-5)29-12-10-28(4)11-13-29/h6-9,14-15H,10-13,16,25H2,1-5H3,(H2,26,27). The second-order valence-electron chi connectivity index (χ2n) is 9.79. The Bertz CT molecular complexity index is 994. The van der Waals surface area contributed by atoms with Crippen LogP contribution < -0.4 is 26.0 Å². The van der Waals surface area contributed by atoms with Gasteiger partial charge < -0.3 is 30.9 Å². The van der Waals surface area contributed by atoms with Crippen molar-refractivity contribution < 1.29 is 4.74 Å². The Morgan fingerprint density at radius 3 is 2.47 bits per heavy atom. The molecular weight excluding hydrogens is 402 g/mol. The highest BCUT2D eigenvalue weighted by molar-refractivity contribution is 6.02. The molecule has 0 radical (unpaired) electrons. The zero-order chi connectivity index (χ0) is 23.0. The van der Waals surface area contributed by atoms with Gasteiger partial charge in [0.25, 0.3) is 0 Å². The van der Waals surface area contributed by atoms with Crippen LogP contribution in [0.3, 0.4) is 0 Å². The van der Waals surface area contributed by atoms with E-state index in [-0.39, 0.29) is 5.41 Å². The molecule has 1 fully saturated rings. The molecule has 172 valence electrons. The number of allylic oxidation sites excluding steroid dienone is 1. The number of aliphatic imine (C=N–C) groups is 1. The lowest BCUT2D eigenvalue weighted by molar-refractivity contribution is 0.285. The number of hydrogen-bond donors (Lipinski definition) is 2.